The molecule has 0 aromatic heterocycles. The van der Waals surface area contributed by atoms with E-state index in [9.17, 15) is 0 Å². The monoisotopic (exact) mass is 233 g/mol. The quantitative estimate of drug-likeness (QED) is 0.755. The first-order chi connectivity index (χ1) is 7.72. The molecular formula is C12H15N3S. The first-order valence-electron chi connectivity index (χ1n) is 5.36. The molecule has 0 bridgehead atoms. The van der Waals surface area contributed by atoms with E-state index in [2.05, 4.69) is 17.9 Å². The van der Waals surface area contributed by atoms with E-state index in [0.29, 0.717) is 17.3 Å². The summed E-state index contributed by atoms with van der Waals surface area (Å²) in [5, 5.41) is 9.12. The van der Waals surface area contributed by atoms with E-state index in [1.807, 2.05) is 23.9 Å². The van der Waals surface area contributed by atoms with E-state index in [1.165, 1.54) is 0 Å². The van der Waals surface area contributed by atoms with Crippen molar-refractivity contribution in [1.82, 2.24) is 0 Å². The maximum atomic E-state index is 9.12. The van der Waals surface area contributed by atoms with Gasteiger partial charge in [-0.25, -0.2) is 0 Å². The van der Waals surface area contributed by atoms with Crippen LogP contribution in [-0.4, -0.2) is 24.1 Å². The highest BCUT2D eigenvalue weighted by Gasteiger charge is 2.21. The zero-order valence-corrected chi connectivity index (χ0v) is 10.1. The van der Waals surface area contributed by atoms with Crippen LogP contribution in [0.5, 0.6) is 0 Å². The van der Waals surface area contributed by atoms with Gasteiger partial charge in [-0.2, -0.15) is 17.0 Å². The van der Waals surface area contributed by atoms with Crippen LogP contribution in [-0.2, 0) is 0 Å². The fourth-order valence-electron chi connectivity index (χ4n) is 1.98. The first kappa shape index (κ1) is 11.2. The maximum Gasteiger partial charge on any atom is 0.101 e. The Morgan fingerprint density at radius 1 is 1.56 bits per heavy atom. The predicted octanol–water partition coefficient (Wildman–Crippen LogP) is 2.08. The van der Waals surface area contributed by atoms with Gasteiger partial charge in [0.05, 0.1) is 11.3 Å². The van der Waals surface area contributed by atoms with Crippen LogP contribution in [0.15, 0.2) is 18.2 Å². The van der Waals surface area contributed by atoms with Gasteiger partial charge in [-0.1, -0.05) is 0 Å². The van der Waals surface area contributed by atoms with Crippen LogP contribution < -0.4 is 10.6 Å². The minimum Gasteiger partial charge on any atom is -0.399 e. The molecule has 0 radical (unpaired) electrons. The minimum absolute atomic E-state index is 0.481. The Bertz CT molecular complexity index is 425. The van der Waals surface area contributed by atoms with Gasteiger partial charge in [-0.15, -0.1) is 0 Å². The highest BCUT2D eigenvalue weighted by atomic mass is 32.2. The molecule has 1 heterocycles. The highest BCUT2D eigenvalue weighted by Crippen LogP contribution is 2.28. The van der Waals surface area contributed by atoms with Crippen LogP contribution in [0.2, 0.25) is 0 Å². The molecule has 2 rings (SSSR count). The third-order valence-electron chi connectivity index (χ3n) is 2.82. The molecule has 1 aromatic rings. The molecule has 1 saturated heterocycles. The van der Waals surface area contributed by atoms with E-state index in [0.717, 1.165) is 23.7 Å². The highest BCUT2D eigenvalue weighted by molar-refractivity contribution is 7.99. The molecule has 0 spiro atoms. The van der Waals surface area contributed by atoms with Crippen molar-refractivity contribution in [2.45, 2.75) is 13.0 Å². The molecular weight excluding hydrogens is 218 g/mol. The molecule has 4 heteroatoms. The third-order valence-corrected chi connectivity index (χ3v) is 4.01. The fourth-order valence-corrected chi connectivity index (χ4v) is 2.99. The summed E-state index contributed by atoms with van der Waals surface area (Å²) in [5.74, 6) is 2.24. The normalized spacial score (nSPS) is 20.5. The summed E-state index contributed by atoms with van der Waals surface area (Å²) in [6.07, 6.45) is 0. The molecule has 1 aliphatic heterocycles. The lowest BCUT2D eigenvalue weighted by molar-refractivity contribution is 0.699. The summed E-state index contributed by atoms with van der Waals surface area (Å²) >= 11 is 1.97. The van der Waals surface area contributed by atoms with Crippen molar-refractivity contribution in [3.05, 3.63) is 23.8 Å². The van der Waals surface area contributed by atoms with E-state index < -0.39 is 0 Å². The summed E-state index contributed by atoms with van der Waals surface area (Å²) in [4.78, 5) is 2.30. The first-order valence-corrected chi connectivity index (χ1v) is 6.52. The van der Waals surface area contributed by atoms with Gasteiger partial charge >= 0.3 is 0 Å². The molecule has 1 aromatic carbocycles. The summed E-state index contributed by atoms with van der Waals surface area (Å²) in [6.45, 7) is 3.20. The Balaban J connectivity index is 2.35. The van der Waals surface area contributed by atoms with Crippen LogP contribution in [0.4, 0.5) is 11.4 Å². The zero-order chi connectivity index (χ0) is 11.5. The Hall–Kier alpha value is -1.34. The van der Waals surface area contributed by atoms with Gasteiger partial charge in [-0.05, 0) is 25.1 Å². The zero-order valence-electron chi connectivity index (χ0n) is 9.31. The minimum atomic E-state index is 0.481. The average Bonchev–Trinajstić information content (AvgIpc) is 2.30. The summed E-state index contributed by atoms with van der Waals surface area (Å²) < 4.78 is 0. The molecule has 16 heavy (non-hydrogen) atoms. The predicted molar refractivity (Wildman–Crippen MR) is 69.7 cm³/mol. The number of benzene rings is 1. The molecule has 1 unspecified atom stereocenters. The molecule has 0 aliphatic carbocycles. The van der Waals surface area contributed by atoms with Gasteiger partial charge in [0, 0.05) is 29.8 Å². The SMILES string of the molecule is CC1CSCCN1c1ccc(N)cc1C#N. The van der Waals surface area contributed by atoms with Gasteiger partial charge in [0.25, 0.3) is 0 Å². The lowest BCUT2D eigenvalue weighted by Crippen LogP contribution is -2.40. The lowest BCUT2D eigenvalue weighted by atomic mass is 10.1. The molecule has 1 aliphatic rings. The van der Waals surface area contributed by atoms with Crippen molar-refractivity contribution < 1.29 is 0 Å². The van der Waals surface area contributed by atoms with Crippen LogP contribution in [0.25, 0.3) is 0 Å². The second-order valence-corrected chi connectivity index (χ2v) is 5.16. The van der Waals surface area contributed by atoms with Crippen molar-refractivity contribution >= 4 is 23.1 Å². The summed E-state index contributed by atoms with van der Waals surface area (Å²) in [7, 11) is 0. The average molecular weight is 233 g/mol. The number of nitrogens with two attached hydrogens (primary N) is 1. The van der Waals surface area contributed by atoms with Crippen LogP contribution in [0.3, 0.4) is 0 Å². The topological polar surface area (TPSA) is 53.0 Å². The molecule has 0 saturated carbocycles. The lowest BCUT2D eigenvalue weighted by Gasteiger charge is -2.35. The number of anilines is 2. The number of hydrogen-bond acceptors (Lipinski definition) is 4. The molecule has 2 N–H and O–H groups in total. The largest absolute Gasteiger partial charge is 0.399 e. The van der Waals surface area contributed by atoms with E-state index in [-0.39, 0.29) is 0 Å². The standard InChI is InChI=1S/C12H15N3S/c1-9-8-16-5-4-15(9)12-3-2-11(14)6-10(12)7-13/h2-3,6,9H,4-5,8,14H2,1H3. The molecule has 1 fully saturated rings. The number of nitrogens with zero attached hydrogens (tertiary/aromatic N) is 2. The Kier molecular flexibility index (Phi) is 3.25. The maximum absolute atomic E-state index is 9.12. The van der Waals surface area contributed by atoms with Crippen molar-refractivity contribution in [3.8, 4) is 6.07 Å². The van der Waals surface area contributed by atoms with E-state index >= 15 is 0 Å². The van der Waals surface area contributed by atoms with Gasteiger partial charge in [0.2, 0.25) is 0 Å². The molecule has 1 atom stereocenters. The number of hydrogen-bond donors (Lipinski definition) is 1. The van der Waals surface area contributed by atoms with Crippen molar-refractivity contribution in [1.29, 1.82) is 5.26 Å². The number of nitrogen functional groups attached to an aromatic ring is 1. The molecule has 0 amide bonds. The van der Waals surface area contributed by atoms with Crippen LogP contribution in [0.1, 0.15) is 12.5 Å². The van der Waals surface area contributed by atoms with Crippen molar-refractivity contribution in [2.75, 3.05) is 28.7 Å². The summed E-state index contributed by atoms with van der Waals surface area (Å²) in [6, 6.07) is 8.28. The number of thioether (sulfide) groups is 1. The van der Waals surface area contributed by atoms with Crippen LogP contribution >= 0.6 is 11.8 Å². The smallest absolute Gasteiger partial charge is 0.101 e. The van der Waals surface area contributed by atoms with Gasteiger partial charge in [-0.3, -0.25) is 0 Å². The van der Waals surface area contributed by atoms with Gasteiger partial charge in [0.1, 0.15) is 6.07 Å². The molecule has 84 valence electrons. The third kappa shape index (κ3) is 2.10. The Labute approximate surface area is 100 Å². The number of nitriles is 1. The van der Waals surface area contributed by atoms with E-state index in [4.69, 9.17) is 11.0 Å². The van der Waals surface area contributed by atoms with Crippen LogP contribution in [0, 0.1) is 11.3 Å². The Morgan fingerprint density at radius 2 is 2.38 bits per heavy atom. The fraction of sp³-hybridized carbons (Fsp3) is 0.417. The number of rotatable bonds is 1. The Morgan fingerprint density at radius 3 is 3.06 bits per heavy atom. The second kappa shape index (κ2) is 4.67. The van der Waals surface area contributed by atoms with Gasteiger partial charge in [0.15, 0.2) is 0 Å². The van der Waals surface area contributed by atoms with Crippen molar-refractivity contribution in [3.63, 3.8) is 0 Å². The van der Waals surface area contributed by atoms with E-state index in [1.54, 1.807) is 6.07 Å². The molecule has 3 nitrogen and oxygen atoms in total. The second-order valence-electron chi connectivity index (χ2n) is 4.01. The van der Waals surface area contributed by atoms with Gasteiger partial charge < -0.3 is 10.6 Å². The van der Waals surface area contributed by atoms with Crippen molar-refractivity contribution in [2.24, 2.45) is 0 Å². The summed E-state index contributed by atoms with van der Waals surface area (Å²) in [5.41, 5.74) is 8.04.